The summed E-state index contributed by atoms with van der Waals surface area (Å²) in [7, 11) is -4.04. The van der Waals surface area contributed by atoms with Crippen molar-refractivity contribution in [3.05, 3.63) is 23.5 Å². The average molecular weight is 369 g/mol. The van der Waals surface area contributed by atoms with Crippen LogP contribution in [0, 0.1) is 5.92 Å². The van der Waals surface area contributed by atoms with Gasteiger partial charge >= 0.3 is 6.18 Å². The Balaban J connectivity index is 3.37. The quantitative estimate of drug-likeness (QED) is 0.800. The van der Waals surface area contributed by atoms with Gasteiger partial charge in [-0.25, -0.2) is 8.42 Å². The highest BCUT2D eigenvalue weighted by Crippen LogP contribution is 2.40. The number of halogens is 3. The first-order valence-electron chi connectivity index (χ1n) is 7.34. The molecule has 0 amide bonds. The summed E-state index contributed by atoms with van der Waals surface area (Å²) in [6, 6.07) is 0.724. The first-order valence-corrected chi connectivity index (χ1v) is 9.23. The van der Waals surface area contributed by atoms with E-state index in [-0.39, 0.29) is 12.4 Å². The third-order valence-corrected chi connectivity index (χ3v) is 5.71. The Morgan fingerprint density at radius 1 is 1.33 bits per heavy atom. The van der Waals surface area contributed by atoms with Crippen LogP contribution in [0.15, 0.2) is 12.3 Å². The van der Waals surface area contributed by atoms with E-state index in [2.05, 4.69) is 4.98 Å². The number of alkyl halides is 3. The van der Waals surface area contributed by atoms with E-state index in [1.807, 2.05) is 13.8 Å². The van der Waals surface area contributed by atoms with Crippen LogP contribution in [-0.4, -0.2) is 38.0 Å². The molecule has 1 rings (SSSR count). The molecule has 138 valence electrons. The lowest BCUT2D eigenvalue weighted by molar-refractivity contribution is -0.139. The Hall–Kier alpha value is -1.35. The number of rotatable bonds is 7. The van der Waals surface area contributed by atoms with Crippen molar-refractivity contribution in [2.45, 2.75) is 38.1 Å². The van der Waals surface area contributed by atoms with Gasteiger partial charge in [-0.15, -0.1) is 0 Å². The predicted octanol–water partition coefficient (Wildman–Crippen LogP) is 2.78. The van der Waals surface area contributed by atoms with Crippen molar-refractivity contribution in [2.24, 2.45) is 5.92 Å². The van der Waals surface area contributed by atoms with Crippen molar-refractivity contribution in [3.8, 4) is 5.75 Å². The zero-order chi connectivity index (χ0) is 18.8. The molecule has 5 nitrogen and oxygen atoms in total. The van der Waals surface area contributed by atoms with E-state index >= 15 is 0 Å². The number of pyridine rings is 1. The molecule has 1 N–H and O–H groups in total. The largest absolute Gasteiger partial charge is 0.492 e. The normalized spacial score (nSPS) is 15.4. The van der Waals surface area contributed by atoms with Crippen molar-refractivity contribution in [2.75, 3.05) is 19.5 Å². The molecule has 0 radical (unpaired) electrons. The summed E-state index contributed by atoms with van der Waals surface area (Å²) in [5.74, 6) is 0.225. The molecule has 1 aromatic rings. The molecule has 0 aliphatic carbocycles. The number of sulfone groups is 1. The average Bonchev–Trinajstić information content (AvgIpc) is 2.43. The van der Waals surface area contributed by atoms with Gasteiger partial charge in [0.2, 0.25) is 0 Å². The molecule has 9 heteroatoms. The lowest BCUT2D eigenvalue weighted by Gasteiger charge is -2.27. The van der Waals surface area contributed by atoms with Gasteiger partial charge in [-0.3, -0.25) is 4.98 Å². The van der Waals surface area contributed by atoms with Crippen LogP contribution < -0.4 is 4.74 Å². The number of aliphatic hydroxyl groups is 1. The van der Waals surface area contributed by atoms with Crippen LogP contribution in [-0.2, 0) is 20.8 Å². The van der Waals surface area contributed by atoms with E-state index in [0.29, 0.717) is 12.3 Å². The van der Waals surface area contributed by atoms with Gasteiger partial charge in [0, 0.05) is 6.26 Å². The molecule has 1 atom stereocenters. The molecule has 0 saturated heterocycles. The molecule has 1 aromatic heterocycles. The second-order valence-electron chi connectivity index (χ2n) is 6.26. The highest BCUT2D eigenvalue weighted by Gasteiger charge is 2.46. The summed E-state index contributed by atoms with van der Waals surface area (Å²) in [6.07, 6.45) is -2.37. The van der Waals surface area contributed by atoms with Crippen LogP contribution in [0.5, 0.6) is 5.75 Å². The SMILES string of the molecule is CC(C)CCOc1cnc(C(C)(CO)S(C)(=O)=O)c(C(F)(F)F)c1. The zero-order valence-electron chi connectivity index (χ0n) is 14.0. The lowest BCUT2D eigenvalue weighted by Crippen LogP contribution is -2.38. The summed E-state index contributed by atoms with van der Waals surface area (Å²) in [5, 5.41) is 9.42. The van der Waals surface area contributed by atoms with Gasteiger partial charge < -0.3 is 9.84 Å². The number of aromatic nitrogens is 1. The fraction of sp³-hybridized carbons (Fsp3) is 0.667. The molecule has 0 aromatic carbocycles. The van der Waals surface area contributed by atoms with Crippen molar-refractivity contribution in [1.29, 1.82) is 0 Å². The van der Waals surface area contributed by atoms with E-state index < -0.39 is 38.6 Å². The van der Waals surface area contributed by atoms with E-state index in [4.69, 9.17) is 4.74 Å². The summed E-state index contributed by atoms with van der Waals surface area (Å²) < 4.78 is 67.0. The lowest BCUT2D eigenvalue weighted by atomic mass is 10.0. The van der Waals surface area contributed by atoms with Crippen LogP contribution in [0.1, 0.15) is 38.4 Å². The Morgan fingerprint density at radius 2 is 1.92 bits per heavy atom. The third-order valence-electron chi connectivity index (χ3n) is 3.75. The minimum atomic E-state index is -4.83. The minimum Gasteiger partial charge on any atom is -0.492 e. The maximum atomic E-state index is 13.4. The predicted molar refractivity (Wildman–Crippen MR) is 83.5 cm³/mol. The third kappa shape index (κ3) is 4.60. The number of aliphatic hydroxyl groups excluding tert-OH is 1. The summed E-state index contributed by atoms with van der Waals surface area (Å²) in [4.78, 5) is 3.67. The second kappa shape index (κ2) is 7.26. The second-order valence-corrected chi connectivity index (χ2v) is 8.70. The van der Waals surface area contributed by atoms with Gasteiger partial charge in [-0.2, -0.15) is 13.2 Å². The fourth-order valence-electron chi connectivity index (χ4n) is 1.94. The first-order chi connectivity index (χ1) is 10.8. The maximum absolute atomic E-state index is 13.4. The molecule has 1 heterocycles. The van der Waals surface area contributed by atoms with Gasteiger partial charge in [0.15, 0.2) is 9.84 Å². The van der Waals surface area contributed by atoms with E-state index in [1.54, 1.807) is 0 Å². The Bertz CT molecular complexity index is 674. The topological polar surface area (TPSA) is 76.5 Å². The van der Waals surface area contributed by atoms with Gasteiger partial charge in [0.1, 0.15) is 10.5 Å². The molecule has 0 saturated carbocycles. The number of hydrogen-bond acceptors (Lipinski definition) is 5. The van der Waals surface area contributed by atoms with Crippen molar-refractivity contribution >= 4 is 9.84 Å². The van der Waals surface area contributed by atoms with Crippen LogP contribution in [0.2, 0.25) is 0 Å². The Morgan fingerprint density at radius 3 is 2.33 bits per heavy atom. The van der Waals surface area contributed by atoms with E-state index in [0.717, 1.165) is 25.4 Å². The van der Waals surface area contributed by atoms with Crippen LogP contribution >= 0.6 is 0 Å². The monoisotopic (exact) mass is 369 g/mol. The van der Waals surface area contributed by atoms with Crippen molar-refractivity contribution in [3.63, 3.8) is 0 Å². The fourth-order valence-corrected chi connectivity index (χ4v) is 2.69. The molecule has 0 spiro atoms. The van der Waals surface area contributed by atoms with Crippen molar-refractivity contribution < 1.29 is 31.4 Å². The van der Waals surface area contributed by atoms with Crippen LogP contribution in [0.3, 0.4) is 0 Å². The maximum Gasteiger partial charge on any atom is 0.418 e. The number of ether oxygens (including phenoxy) is 1. The zero-order valence-corrected chi connectivity index (χ0v) is 14.8. The molecular formula is C15H22F3NO4S. The van der Waals surface area contributed by atoms with Crippen LogP contribution in [0.4, 0.5) is 13.2 Å². The summed E-state index contributed by atoms with van der Waals surface area (Å²) >= 11 is 0. The highest BCUT2D eigenvalue weighted by atomic mass is 32.2. The van der Waals surface area contributed by atoms with Gasteiger partial charge in [-0.05, 0) is 25.3 Å². The van der Waals surface area contributed by atoms with E-state index in [1.165, 1.54) is 0 Å². The molecular weight excluding hydrogens is 347 g/mol. The van der Waals surface area contributed by atoms with Crippen LogP contribution in [0.25, 0.3) is 0 Å². The first kappa shape index (κ1) is 20.7. The van der Waals surface area contributed by atoms with Gasteiger partial charge in [-0.1, -0.05) is 13.8 Å². The molecule has 0 aliphatic heterocycles. The smallest absolute Gasteiger partial charge is 0.418 e. The highest BCUT2D eigenvalue weighted by molar-refractivity contribution is 7.91. The molecule has 0 bridgehead atoms. The molecule has 24 heavy (non-hydrogen) atoms. The van der Waals surface area contributed by atoms with Gasteiger partial charge in [0.05, 0.1) is 30.7 Å². The standard InChI is InChI=1S/C15H22F3NO4S/c1-10(2)5-6-23-11-7-12(15(16,17)18)13(19-8-11)14(3,9-20)24(4,21)22/h7-8,10,20H,5-6,9H2,1-4H3. The minimum absolute atomic E-state index is 0.0967. The number of nitrogens with zero attached hydrogens (tertiary/aromatic N) is 1. The molecule has 1 unspecified atom stereocenters. The van der Waals surface area contributed by atoms with Crippen molar-refractivity contribution in [1.82, 2.24) is 4.98 Å². The summed E-state index contributed by atoms with van der Waals surface area (Å²) in [5.41, 5.74) is -1.97. The number of hydrogen-bond donors (Lipinski definition) is 1. The molecule has 0 aliphatic rings. The summed E-state index contributed by atoms with van der Waals surface area (Å²) in [6.45, 7) is 4.11. The Labute approximate surface area is 139 Å². The van der Waals surface area contributed by atoms with Gasteiger partial charge in [0.25, 0.3) is 0 Å². The van der Waals surface area contributed by atoms with E-state index in [9.17, 15) is 26.7 Å². The molecule has 0 fully saturated rings. The Kier molecular flexibility index (Phi) is 6.26.